The first kappa shape index (κ1) is 14.6. The zero-order chi connectivity index (χ0) is 16.8. The minimum absolute atomic E-state index is 0.249. The summed E-state index contributed by atoms with van der Waals surface area (Å²) >= 11 is 0. The van der Waals surface area contributed by atoms with Gasteiger partial charge in [-0.15, -0.1) is 0 Å². The zero-order valence-electron chi connectivity index (χ0n) is 12.7. The smallest absolute Gasteiger partial charge is 0.262 e. The third kappa shape index (κ3) is 2.03. The summed E-state index contributed by atoms with van der Waals surface area (Å²) in [7, 11) is 0. The van der Waals surface area contributed by atoms with Gasteiger partial charge < -0.3 is 4.90 Å². The highest BCUT2D eigenvalue weighted by Crippen LogP contribution is 2.31. The molecule has 0 aliphatic carbocycles. The Kier molecular flexibility index (Phi) is 3.19. The van der Waals surface area contributed by atoms with E-state index in [2.05, 4.69) is 0 Å². The maximum absolute atomic E-state index is 14.0. The quantitative estimate of drug-likeness (QED) is 0.794. The van der Waals surface area contributed by atoms with Crippen LogP contribution in [0.3, 0.4) is 0 Å². The molecule has 2 aromatic carbocycles. The van der Waals surface area contributed by atoms with Crippen molar-refractivity contribution in [2.45, 2.75) is 6.42 Å². The Hall–Kier alpha value is -3.02. The van der Waals surface area contributed by atoms with E-state index in [0.29, 0.717) is 24.1 Å². The predicted octanol–water partition coefficient (Wildman–Crippen LogP) is 2.01. The number of carbonyl (C=O) groups is 3. The summed E-state index contributed by atoms with van der Waals surface area (Å²) in [5.74, 6) is -1.91. The SMILES string of the molecule is O=C1c2ccccc2C(=O)N1CC(=O)N1CCc2cccc(F)c21. The number of hydrogen-bond acceptors (Lipinski definition) is 3. The molecule has 2 aromatic rings. The lowest BCUT2D eigenvalue weighted by molar-refractivity contribution is -0.118. The largest absolute Gasteiger partial charge is 0.308 e. The number of rotatable bonds is 2. The lowest BCUT2D eigenvalue weighted by atomic mass is 10.1. The number of nitrogens with zero attached hydrogens (tertiary/aromatic N) is 2. The van der Waals surface area contributed by atoms with E-state index in [0.717, 1.165) is 10.5 Å². The van der Waals surface area contributed by atoms with Gasteiger partial charge in [0.25, 0.3) is 11.8 Å². The van der Waals surface area contributed by atoms with E-state index in [-0.39, 0.29) is 12.2 Å². The van der Waals surface area contributed by atoms with Crippen LogP contribution in [0.2, 0.25) is 0 Å². The summed E-state index contributed by atoms with van der Waals surface area (Å²) in [6, 6.07) is 11.1. The topological polar surface area (TPSA) is 57.7 Å². The van der Waals surface area contributed by atoms with Gasteiger partial charge in [-0.2, -0.15) is 0 Å². The van der Waals surface area contributed by atoms with Crippen LogP contribution in [0, 0.1) is 5.82 Å². The number of halogens is 1. The van der Waals surface area contributed by atoms with Crippen molar-refractivity contribution in [1.29, 1.82) is 0 Å². The van der Waals surface area contributed by atoms with Crippen LogP contribution < -0.4 is 4.90 Å². The van der Waals surface area contributed by atoms with Crippen LogP contribution in [0.15, 0.2) is 42.5 Å². The van der Waals surface area contributed by atoms with Gasteiger partial charge in [-0.3, -0.25) is 19.3 Å². The van der Waals surface area contributed by atoms with Crippen molar-refractivity contribution in [1.82, 2.24) is 4.90 Å². The standard InChI is InChI=1S/C18H13FN2O3/c19-14-7-3-4-11-8-9-20(16(11)14)15(22)10-21-17(23)12-5-1-2-6-13(12)18(21)24/h1-7H,8-10H2. The van der Waals surface area contributed by atoms with Crippen LogP contribution in [-0.4, -0.2) is 35.7 Å². The van der Waals surface area contributed by atoms with Crippen LogP contribution in [-0.2, 0) is 11.2 Å². The second-order valence-electron chi connectivity index (χ2n) is 5.78. The van der Waals surface area contributed by atoms with Crippen LogP contribution in [0.5, 0.6) is 0 Å². The molecule has 0 spiro atoms. The van der Waals surface area contributed by atoms with Gasteiger partial charge in [0, 0.05) is 6.54 Å². The van der Waals surface area contributed by atoms with E-state index in [9.17, 15) is 18.8 Å². The number of anilines is 1. The van der Waals surface area contributed by atoms with Crippen molar-refractivity contribution in [2.24, 2.45) is 0 Å². The van der Waals surface area contributed by atoms with Gasteiger partial charge >= 0.3 is 0 Å². The third-order valence-electron chi connectivity index (χ3n) is 4.42. The molecule has 0 fully saturated rings. The molecule has 0 saturated carbocycles. The van der Waals surface area contributed by atoms with Crippen molar-refractivity contribution in [3.05, 3.63) is 65.0 Å². The molecule has 0 N–H and O–H groups in total. The summed E-state index contributed by atoms with van der Waals surface area (Å²) in [6.07, 6.45) is 0.556. The molecule has 5 nitrogen and oxygen atoms in total. The Balaban J connectivity index is 1.59. The molecule has 120 valence electrons. The second-order valence-corrected chi connectivity index (χ2v) is 5.78. The monoisotopic (exact) mass is 324 g/mol. The van der Waals surface area contributed by atoms with E-state index in [1.54, 1.807) is 36.4 Å². The molecule has 2 aliphatic rings. The van der Waals surface area contributed by atoms with Crippen molar-refractivity contribution in [3.8, 4) is 0 Å². The summed E-state index contributed by atoms with van der Waals surface area (Å²) in [6.45, 7) is -0.0433. The van der Waals surface area contributed by atoms with E-state index in [1.165, 1.54) is 11.0 Å². The van der Waals surface area contributed by atoms with Crippen LogP contribution >= 0.6 is 0 Å². The van der Waals surface area contributed by atoms with Crippen LogP contribution in [0.25, 0.3) is 0 Å². The van der Waals surface area contributed by atoms with Gasteiger partial charge in [0.2, 0.25) is 5.91 Å². The van der Waals surface area contributed by atoms with E-state index in [4.69, 9.17) is 0 Å². The lowest BCUT2D eigenvalue weighted by Gasteiger charge is -2.21. The number of benzene rings is 2. The first-order chi connectivity index (χ1) is 11.6. The fourth-order valence-corrected chi connectivity index (χ4v) is 3.26. The maximum Gasteiger partial charge on any atom is 0.262 e. The molecule has 0 saturated heterocycles. The summed E-state index contributed by atoms with van der Waals surface area (Å²) in [4.78, 5) is 39.5. The molecule has 0 radical (unpaired) electrons. The molecule has 6 heteroatoms. The van der Waals surface area contributed by atoms with Gasteiger partial charge in [-0.05, 0) is 30.2 Å². The van der Waals surface area contributed by atoms with Crippen molar-refractivity contribution >= 4 is 23.4 Å². The normalized spacial score (nSPS) is 15.7. The number of para-hydroxylation sites is 1. The van der Waals surface area contributed by atoms with Crippen LogP contribution in [0.4, 0.5) is 10.1 Å². The predicted molar refractivity (Wildman–Crippen MR) is 84.3 cm³/mol. The Labute approximate surface area is 137 Å². The Morgan fingerprint density at radius 2 is 1.67 bits per heavy atom. The third-order valence-corrected chi connectivity index (χ3v) is 4.42. The van der Waals surface area contributed by atoms with Crippen LogP contribution in [0.1, 0.15) is 26.3 Å². The molecule has 4 rings (SSSR count). The van der Waals surface area contributed by atoms with E-state index < -0.39 is 23.5 Å². The molecule has 2 aliphatic heterocycles. The first-order valence-corrected chi connectivity index (χ1v) is 7.61. The highest BCUT2D eigenvalue weighted by Gasteiger charge is 2.38. The van der Waals surface area contributed by atoms with Gasteiger partial charge in [-0.25, -0.2) is 4.39 Å². The first-order valence-electron chi connectivity index (χ1n) is 7.61. The second kappa shape index (κ2) is 5.26. The molecule has 3 amide bonds. The summed E-state index contributed by atoms with van der Waals surface area (Å²) in [5, 5.41) is 0. The van der Waals surface area contributed by atoms with E-state index in [1.807, 2.05) is 0 Å². The Bertz CT molecular complexity index is 859. The van der Waals surface area contributed by atoms with Crippen molar-refractivity contribution < 1.29 is 18.8 Å². The molecule has 0 bridgehead atoms. The number of carbonyl (C=O) groups excluding carboxylic acids is 3. The zero-order valence-corrected chi connectivity index (χ0v) is 12.7. The van der Waals surface area contributed by atoms with E-state index >= 15 is 0 Å². The Morgan fingerprint density at radius 3 is 2.33 bits per heavy atom. The fourth-order valence-electron chi connectivity index (χ4n) is 3.26. The average Bonchev–Trinajstić information content (AvgIpc) is 3.12. The molecule has 0 aromatic heterocycles. The van der Waals surface area contributed by atoms with Crippen molar-refractivity contribution in [3.63, 3.8) is 0 Å². The summed E-state index contributed by atoms with van der Waals surface area (Å²) in [5.41, 5.74) is 1.59. The lowest BCUT2D eigenvalue weighted by Crippen LogP contribution is -2.42. The number of imide groups is 1. The maximum atomic E-state index is 14.0. The highest BCUT2D eigenvalue weighted by atomic mass is 19.1. The molecular weight excluding hydrogens is 311 g/mol. The molecule has 0 unspecified atom stereocenters. The van der Waals surface area contributed by atoms with Gasteiger partial charge in [-0.1, -0.05) is 24.3 Å². The van der Waals surface area contributed by atoms with Gasteiger partial charge in [0.1, 0.15) is 12.4 Å². The number of amides is 3. The minimum atomic E-state index is -0.489. The fraction of sp³-hybridized carbons (Fsp3) is 0.167. The molecule has 2 heterocycles. The molecular formula is C18H13FN2O3. The minimum Gasteiger partial charge on any atom is -0.308 e. The highest BCUT2D eigenvalue weighted by molar-refractivity contribution is 6.22. The average molecular weight is 324 g/mol. The van der Waals surface area contributed by atoms with Gasteiger partial charge in [0.15, 0.2) is 0 Å². The molecule has 24 heavy (non-hydrogen) atoms. The Morgan fingerprint density at radius 1 is 1.00 bits per heavy atom. The summed E-state index contributed by atoms with van der Waals surface area (Å²) < 4.78 is 14.0. The van der Waals surface area contributed by atoms with Gasteiger partial charge in [0.05, 0.1) is 16.8 Å². The number of fused-ring (bicyclic) bond motifs is 2. The van der Waals surface area contributed by atoms with Crippen molar-refractivity contribution in [2.75, 3.05) is 18.0 Å². The molecule has 0 atom stereocenters. The number of hydrogen-bond donors (Lipinski definition) is 0.